The first-order chi connectivity index (χ1) is 6.77. The minimum Gasteiger partial charge on any atom is -0.348 e. The predicted molar refractivity (Wildman–Crippen MR) is 60.3 cm³/mol. The van der Waals surface area contributed by atoms with Gasteiger partial charge in [-0.15, -0.1) is 0 Å². The zero-order valence-electron chi connectivity index (χ0n) is 7.92. The van der Waals surface area contributed by atoms with Gasteiger partial charge in [-0.05, 0) is 24.1 Å². The molecule has 1 heterocycles. The van der Waals surface area contributed by atoms with E-state index in [1.807, 2.05) is 12.3 Å². The molecule has 0 fully saturated rings. The van der Waals surface area contributed by atoms with Gasteiger partial charge in [0.15, 0.2) is 0 Å². The van der Waals surface area contributed by atoms with Crippen molar-refractivity contribution in [2.24, 2.45) is 0 Å². The van der Waals surface area contributed by atoms with E-state index < -0.39 is 0 Å². The number of imidazole rings is 1. The van der Waals surface area contributed by atoms with Crippen molar-refractivity contribution in [3.8, 4) is 0 Å². The number of nitrogens with zero attached hydrogens (tertiary/aromatic N) is 1. The van der Waals surface area contributed by atoms with E-state index in [1.165, 1.54) is 11.1 Å². The van der Waals surface area contributed by atoms with E-state index in [0.29, 0.717) is 0 Å². The quantitative estimate of drug-likeness (QED) is 0.872. The van der Waals surface area contributed by atoms with Gasteiger partial charge in [0.25, 0.3) is 0 Å². The topological polar surface area (TPSA) is 28.7 Å². The number of hydrogen-bond donors (Lipinski definition) is 1. The standard InChI is InChI=1S/C11H11BrN2/c1-8-3-2-4-10(12)9(8)7-11-13-5-6-14-11/h2-6H,7H2,1H3,(H,13,14). The minimum absolute atomic E-state index is 0.847. The first-order valence-corrected chi connectivity index (χ1v) is 5.29. The molecule has 0 spiro atoms. The maximum absolute atomic E-state index is 4.22. The molecule has 2 rings (SSSR count). The molecule has 0 aliphatic rings. The smallest absolute Gasteiger partial charge is 0.110 e. The largest absolute Gasteiger partial charge is 0.348 e. The minimum atomic E-state index is 0.847. The lowest BCUT2D eigenvalue weighted by Gasteiger charge is -2.06. The first-order valence-electron chi connectivity index (χ1n) is 4.49. The molecule has 2 nitrogen and oxygen atoms in total. The number of hydrogen-bond acceptors (Lipinski definition) is 1. The lowest BCUT2D eigenvalue weighted by atomic mass is 10.1. The molecular weight excluding hydrogens is 240 g/mol. The average Bonchev–Trinajstić information content (AvgIpc) is 2.64. The van der Waals surface area contributed by atoms with Crippen molar-refractivity contribution in [2.45, 2.75) is 13.3 Å². The summed E-state index contributed by atoms with van der Waals surface area (Å²) in [4.78, 5) is 7.33. The molecule has 2 aromatic rings. The number of aromatic nitrogens is 2. The fourth-order valence-corrected chi connectivity index (χ4v) is 2.06. The second-order valence-electron chi connectivity index (χ2n) is 3.25. The summed E-state index contributed by atoms with van der Waals surface area (Å²) in [5.74, 6) is 1.00. The van der Waals surface area contributed by atoms with Gasteiger partial charge < -0.3 is 4.98 Å². The van der Waals surface area contributed by atoms with Crippen molar-refractivity contribution < 1.29 is 0 Å². The summed E-state index contributed by atoms with van der Waals surface area (Å²) in [5, 5.41) is 0. The first kappa shape index (κ1) is 9.46. The second kappa shape index (κ2) is 3.96. The number of rotatable bonds is 2. The van der Waals surface area contributed by atoms with Crippen molar-refractivity contribution >= 4 is 15.9 Å². The van der Waals surface area contributed by atoms with Gasteiger partial charge in [-0.2, -0.15) is 0 Å². The third-order valence-electron chi connectivity index (χ3n) is 2.25. The van der Waals surface area contributed by atoms with Crippen LogP contribution in [-0.4, -0.2) is 9.97 Å². The van der Waals surface area contributed by atoms with Crippen LogP contribution in [0, 0.1) is 6.92 Å². The Morgan fingerprint density at radius 2 is 2.29 bits per heavy atom. The highest BCUT2D eigenvalue weighted by molar-refractivity contribution is 9.10. The van der Waals surface area contributed by atoms with Crippen molar-refractivity contribution in [3.63, 3.8) is 0 Å². The Morgan fingerprint density at radius 1 is 1.43 bits per heavy atom. The molecule has 0 aliphatic heterocycles. The Hall–Kier alpha value is -1.09. The molecule has 0 unspecified atom stereocenters. The van der Waals surface area contributed by atoms with Gasteiger partial charge in [0.2, 0.25) is 0 Å². The van der Waals surface area contributed by atoms with Crippen molar-refractivity contribution in [1.82, 2.24) is 9.97 Å². The fourth-order valence-electron chi connectivity index (χ4n) is 1.45. The van der Waals surface area contributed by atoms with Gasteiger partial charge in [0, 0.05) is 23.3 Å². The van der Waals surface area contributed by atoms with Gasteiger partial charge in [0.05, 0.1) is 0 Å². The van der Waals surface area contributed by atoms with E-state index in [4.69, 9.17) is 0 Å². The third-order valence-corrected chi connectivity index (χ3v) is 3.00. The molecule has 3 heteroatoms. The summed E-state index contributed by atoms with van der Waals surface area (Å²) < 4.78 is 1.15. The van der Waals surface area contributed by atoms with E-state index in [-0.39, 0.29) is 0 Å². The summed E-state index contributed by atoms with van der Waals surface area (Å²) >= 11 is 3.55. The summed E-state index contributed by atoms with van der Waals surface area (Å²) in [6.07, 6.45) is 4.48. The third kappa shape index (κ3) is 1.87. The molecule has 1 aromatic carbocycles. The van der Waals surface area contributed by atoms with E-state index in [0.717, 1.165) is 16.7 Å². The molecule has 0 saturated heterocycles. The summed E-state index contributed by atoms with van der Waals surface area (Å²) in [6, 6.07) is 6.22. The highest BCUT2D eigenvalue weighted by Crippen LogP contribution is 2.21. The lowest BCUT2D eigenvalue weighted by Crippen LogP contribution is -1.94. The monoisotopic (exact) mass is 250 g/mol. The van der Waals surface area contributed by atoms with Gasteiger partial charge in [0.1, 0.15) is 5.82 Å². The molecule has 1 N–H and O–H groups in total. The Morgan fingerprint density at radius 3 is 2.93 bits per heavy atom. The zero-order chi connectivity index (χ0) is 9.97. The number of benzene rings is 1. The van der Waals surface area contributed by atoms with Gasteiger partial charge in [-0.25, -0.2) is 4.98 Å². The van der Waals surface area contributed by atoms with Crippen LogP contribution in [0.5, 0.6) is 0 Å². The van der Waals surface area contributed by atoms with Crippen molar-refractivity contribution in [3.05, 3.63) is 52.0 Å². The number of halogens is 1. The van der Waals surface area contributed by atoms with Crippen LogP contribution < -0.4 is 0 Å². The van der Waals surface area contributed by atoms with Crippen LogP contribution in [0.1, 0.15) is 17.0 Å². The summed E-state index contributed by atoms with van der Waals surface area (Å²) in [6.45, 7) is 2.11. The molecule has 72 valence electrons. The predicted octanol–water partition coefficient (Wildman–Crippen LogP) is 3.07. The molecule has 0 bridgehead atoms. The number of H-pyrrole nitrogens is 1. The van der Waals surface area contributed by atoms with Crippen LogP contribution in [0.15, 0.2) is 35.1 Å². The van der Waals surface area contributed by atoms with Gasteiger partial charge >= 0.3 is 0 Å². The van der Waals surface area contributed by atoms with E-state index in [9.17, 15) is 0 Å². The second-order valence-corrected chi connectivity index (χ2v) is 4.10. The lowest BCUT2D eigenvalue weighted by molar-refractivity contribution is 1.01. The maximum Gasteiger partial charge on any atom is 0.110 e. The Labute approximate surface area is 91.5 Å². The fraction of sp³-hybridized carbons (Fsp3) is 0.182. The summed E-state index contributed by atoms with van der Waals surface area (Å²) in [7, 11) is 0. The molecule has 0 radical (unpaired) electrons. The normalized spacial score (nSPS) is 10.4. The molecule has 0 aliphatic carbocycles. The Kier molecular flexibility index (Phi) is 2.68. The van der Waals surface area contributed by atoms with E-state index in [2.05, 4.69) is 45.0 Å². The average molecular weight is 251 g/mol. The highest BCUT2D eigenvalue weighted by Gasteiger charge is 2.05. The SMILES string of the molecule is Cc1cccc(Br)c1Cc1ncc[nH]1. The van der Waals surface area contributed by atoms with Gasteiger partial charge in [-0.1, -0.05) is 28.1 Å². The van der Waals surface area contributed by atoms with Crippen LogP contribution in [0.4, 0.5) is 0 Å². The van der Waals surface area contributed by atoms with Gasteiger partial charge in [-0.3, -0.25) is 0 Å². The molecule has 14 heavy (non-hydrogen) atoms. The van der Waals surface area contributed by atoms with Crippen LogP contribution >= 0.6 is 15.9 Å². The molecule has 1 aromatic heterocycles. The molecule has 0 amide bonds. The number of aromatic amines is 1. The number of aryl methyl sites for hydroxylation is 1. The van der Waals surface area contributed by atoms with Crippen LogP contribution in [0.25, 0.3) is 0 Å². The van der Waals surface area contributed by atoms with Crippen LogP contribution in [-0.2, 0) is 6.42 Å². The van der Waals surface area contributed by atoms with Crippen LogP contribution in [0.3, 0.4) is 0 Å². The molecule has 0 atom stereocenters. The highest BCUT2D eigenvalue weighted by atomic mass is 79.9. The maximum atomic E-state index is 4.22. The number of nitrogens with one attached hydrogen (secondary N) is 1. The molecule has 0 saturated carbocycles. The zero-order valence-corrected chi connectivity index (χ0v) is 9.51. The Bertz CT molecular complexity index is 401. The van der Waals surface area contributed by atoms with E-state index >= 15 is 0 Å². The molecular formula is C11H11BrN2. The Balaban J connectivity index is 2.33. The summed E-state index contributed by atoms with van der Waals surface area (Å²) in [5.41, 5.74) is 2.58. The van der Waals surface area contributed by atoms with Crippen LogP contribution in [0.2, 0.25) is 0 Å². The van der Waals surface area contributed by atoms with Crippen molar-refractivity contribution in [2.75, 3.05) is 0 Å². The van der Waals surface area contributed by atoms with E-state index in [1.54, 1.807) is 6.20 Å². The van der Waals surface area contributed by atoms with Crippen molar-refractivity contribution in [1.29, 1.82) is 0 Å².